The third-order valence-corrected chi connectivity index (χ3v) is 7.58. The normalized spacial score (nSPS) is 14.2. The Kier molecular flexibility index (Phi) is 6.36. The van der Waals surface area contributed by atoms with E-state index in [-0.39, 0.29) is 43.9 Å². The number of fused-ring (bicyclic) bond motifs is 2. The number of nitrogens with one attached hydrogen (secondary N) is 1. The predicted molar refractivity (Wildman–Crippen MR) is 121 cm³/mol. The number of hydrogen-bond donors (Lipinski definition) is 4. The zero-order valence-corrected chi connectivity index (χ0v) is 19.6. The maximum absolute atomic E-state index is 12.8. The van der Waals surface area contributed by atoms with E-state index in [1.807, 2.05) is 18.2 Å². The standard InChI is InChI=1S/C23H19IN5O4/c1-12(30)21(22(31)26-15-6-7-18-17(10-15)24-11-20(25)27-18)29-28-19-9-14-5-3-2-4-13(14)8-16(19)23(32)33/h2-10,30H,11H2,1H3,(H2,25,27)(H,26,31)(H,32,33)/q-1. The number of halogens is 1. The van der Waals surface area contributed by atoms with Crippen molar-refractivity contribution >= 4 is 45.5 Å². The fourth-order valence-electron chi connectivity index (χ4n) is 3.17. The number of azo groups is 1. The quantitative estimate of drug-likeness (QED) is 0.123. The number of carbonyl (C=O) groups is 2. The monoisotopic (exact) mass is 556 g/mol. The first-order chi connectivity index (χ1) is 15.8. The van der Waals surface area contributed by atoms with Crippen molar-refractivity contribution in [2.75, 3.05) is 9.74 Å². The van der Waals surface area contributed by atoms with E-state index in [0.29, 0.717) is 11.5 Å². The number of aromatic carboxylic acids is 1. The molecule has 0 spiro atoms. The molecular weight excluding hydrogens is 537 g/mol. The summed E-state index contributed by atoms with van der Waals surface area (Å²) in [6.45, 7) is 1.31. The van der Waals surface area contributed by atoms with Crippen LogP contribution < -0.4 is 32.3 Å². The SMILES string of the molecule is CC(O)=C(N=Nc1cc2ccccc2cc1C(=O)O)C(=O)Nc1ccc2c(c1)[I-]CC(N)=N2. The van der Waals surface area contributed by atoms with Crippen LogP contribution in [0.1, 0.15) is 17.3 Å². The summed E-state index contributed by atoms with van der Waals surface area (Å²) in [6, 6.07) is 15.6. The summed E-state index contributed by atoms with van der Waals surface area (Å²) in [6.07, 6.45) is 0. The second kappa shape index (κ2) is 9.36. The Morgan fingerprint density at radius 1 is 1.09 bits per heavy atom. The van der Waals surface area contributed by atoms with Crippen LogP contribution in [0.3, 0.4) is 0 Å². The molecule has 3 aromatic carbocycles. The van der Waals surface area contributed by atoms with Gasteiger partial charge in [-0.25, -0.2) is 0 Å². The van der Waals surface area contributed by atoms with Crippen LogP contribution in [-0.4, -0.2) is 32.4 Å². The first kappa shape index (κ1) is 22.4. The zero-order valence-electron chi connectivity index (χ0n) is 17.4. The van der Waals surface area contributed by atoms with Crippen molar-refractivity contribution in [2.45, 2.75) is 6.92 Å². The van der Waals surface area contributed by atoms with Crippen LogP contribution in [0, 0.1) is 3.57 Å². The van der Waals surface area contributed by atoms with Crippen molar-refractivity contribution < 1.29 is 41.0 Å². The molecule has 33 heavy (non-hydrogen) atoms. The first-order valence-corrected chi connectivity index (χ1v) is 12.4. The number of allylic oxidation sites excluding steroid dienone is 1. The van der Waals surface area contributed by atoms with Gasteiger partial charge in [0.2, 0.25) is 0 Å². The molecule has 1 amide bonds. The van der Waals surface area contributed by atoms with E-state index in [9.17, 15) is 19.8 Å². The van der Waals surface area contributed by atoms with Crippen LogP contribution in [0.2, 0.25) is 0 Å². The van der Waals surface area contributed by atoms with Gasteiger partial charge in [0.15, 0.2) is 0 Å². The number of nitrogens with zero attached hydrogens (tertiary/aromatic N) is 3. The molecule has 0 saturated heterocycles. The van der Waals surface area contributed by atoms with Gasteiger partial charge in [0.1, 0.15) is 0 Å². The van der Waals surface area contributed by atoms with E-state index in [0.717, 1.165) is 24.5 Å². The number of amidine groups is 1. The summed E-state index contributed by atoms with van der Waals surface area (Å²) >= 11 is -0.346. The molecule has 0 radical (unpaired) electrons. The summed E-state index contributed by atoms with van der Waals surface area (Å²) in [5, 5.41) is 31.7. The Balaban J connectivity index is 1.61. The summed E-state index contributed by atoms with van der Waals surface area (Å²) in [5.41, 5.74) is 6.81. The second-order valence-corrected chi connectivity index (χ2v) is 9.83. The Labute approximate surface area is 199 Å². The molecule has 1 heterocycles. The van der Waals surface area contributed by atoms with Crippen molar-refractivity contribution in [3.05, 3.63) is 75.2 Å². The van der Waals surface area contributed by atoms with Crippen LogP contribution >= 0.6 is 0 Å². The van der Waals surface area contributed by atoms with Gasteiger partial charge in [-0.3, -0.25) is 0 Å². The molecule has 5 N–H and O–H groups in total. The molecule has 0 aromatic heterocycles. The number of carboxylic acids is 1. The molecule has 0 saturated carbocycles. The molecule has 3 aromatic rings. The van der Waals surface area contributed by atoms with Crippen molar-refractivity contribution in [3.8, 4) is 0 Å². The summed E-state index contributed by atoms with van der Waals surface area (Å²) in [5.74, 6) is -1.58. The number of aliphatic hydroxyl groups excluding tert-OH is 1. The third kappa shape index (κ3) is 5.00. The molecule has 0 bridgehead atoms. The Morgan fingerprint density at radius 2 is 1.82 bits per heavy atom. The molecule has 0 aliphatic carbocycles. The Morgan fingerprint density at radius 3 is 2.52 bits per heavy atom. The average Bonchev–Trinajstić information content (AvgIpc) is 2.78. The Hall–Kier alpha value is -3.80. The van der Waals surface area contributed by atoms with Gasteiger partial charge >= 0.3 is 181 Å². The van der Waals surface area contributed by atoms with E-state index in [1.165, 1.54) is 13.0 Å². The van der Waals surface area contributed by atoms with E-state index in [1.54, 1.807) is 30.3 Å². The van der Waals surface area contributed by atoms with Crippen molar-refractivity contribution in [3.63, 3.8) is 0 Å². The fourth-order valence-corrected chi connectivity index (χ4v) is 5.39. The summed E-state index contributed by atoms with van der Waals surface area (Å²) in [7, 11) is 0. The predicted octanol–water partition coefficient (Wildman–Crippen LogP) is 1.31. The first-order valence-electron chi connectivity index (χ1n) is 9.77. The number of carbonyl (C=O) groups excluding carboxylic acids is 1. The van der Waals surface area contributed by atoms with Gasteiger partial charge in [0, 0.05) is 0 Å². The minimum absolute atomic E-state index is 0.0637. The fraction of sp³-hybridized carbons (Fsp3) is 0.0870. The van der Waals surface area contributed by atoms with Crippen molar-refractivity contribution in [2.24, 2.45) is 21.0 Å². The van der Waals surface area contributed by atoms with Crippen LogP contribution in [0.4, 0.5) is 17.1 Å². The van der Waals surface area contributed by atoms with E-state index in [2.05, 4.69) is 20.5 Å². The van der Waals surface area contributed by atoms with Crippen molar-refractivity contribution in [1.82, 2.24) is 0 Å². The van der Waals surface area contributed by atoms with Gasteiger partial charge in [-0.2, -0.15) is 0 Å². The van der Waals surface area contributed by atoms with Crippen LogP contribution in [0.15, 0.2) is 81.3 Å². The number of hydrogen-bond acceptors (Lipinski definition) is 7. The van der Waals surface area contributed by atoms with Crippen LogP contribution in [0.25, 0.3) is 10.8 Å². The number of carboxylic acid groups (broad SMARTS) is 1. The van der Waals surface area contributed by atoms with Gasteiger partial charge in [-0.1, -0.05) is 18.2 Å². The van der Waals surface area contributed by atoms with Gasteiger partial charge < -0.3 is 0 Å². The molecule has 1 aliphatic heterocycles. The molecule has 168 valence electrons. The van der Waals surface area contributed by atoms with Gasteiger partial charge in [0.25, 0.3) is 0 Å². The summed E-state index contributed by atoms with van der Waals surface area (Å²) < 4.78 is 1.80. The summed E-state index contributed by atoms with van der Waals surface area (Å²) in [4.78, 5) is 28.8. The zero-order chi connectivity index (χ0) is 23.5. The molecule has 9 nitrogen and oxygen atoms in total. The average molecular weight is 556 g/mol. The number of rotatable bonds is 5. The maximum atomic E-state index is 12.8. The van der Waals surface area contributed by atoms with E-state index >= 15 is 0 Å². The number of aliphatic hydroxyl groups is 1. The third-order valence-electron chi connectivity index (χ3n) is 4.73. The van der Waals surface area contributed by atoms with Gasteiger partial charge in [-0.15, -0.1) is 0 Å². The number of aliphatic imine (C=N–C) groups is 1. The van der Waals surface area contributed by atoms with Gasteiger partial charge in [0.05, 0.1) is 0 Å². The topological polar surface area (TPSA) is 150 Å². The number of anilines is 1. The van der Waals surface area contributed by atoms with Crippen LogP contribution in [-0.2, 0) is 4.79 Å². The number of alkyl halides is 1. The Bertz CT molecular complexity index is 1380. The van der Waals surface area contributed by atoms with E-state index < -0.39 is 11.9 Å². The molecule has 0 atom stereocenters. The minimum atomic E-state index is -1.17. The molecule has 0 fully saturated rings. The van der Waals surface area contributed by atoms with E-state index in [4.69, 9.17) is 5.73 Å². The number of nitrogens with two attached hydrogens (primary N) is 1. The molecule has 0 unspecified atom stereocenters. The molecule has 10 heteroatoms. The number of benzene rings is 3. The number of amides is 1. The molecule has 1 aliphatic rings. The van der Waals surface area contributed by atoms with Crippen molar-refractivity contribution in [1.29, 1.82) is 0 Å². The second-order valence-electron chi connectivity index (χ2n) is 7.15. The molecular formula is C23H19IN5O4-. The van der Waals surface area contributed by atoms with Crippen LogP contribution in [0.5, 0.6) is 0 Å². The molecule has 4 rings (SSSR count). The van der Waals surface area contributed by atoms with Gasteiger partial charge in [-0.05, 0) is 0 Å².